The SMILES string of the molecule is CC(=O)OC[C@H]1O[C@@H](O[C@H]2[C@H](O)[C@@H](O)[C@H](Oc3c(CC=C(C)C)cc(C(=O)O)cc3CC=C(C)C)O[C@@H]2CO)[C@H](O)[C@@H](O)[C@@H]1O. The Labute approximate surface area is 261 Å². The number of carboxylic acids is 1. The maximum Gasteiger partial charge on any atom is 0.335 e. The van der Waals surface area contributed by atoms with Crippen LogP contribution in [-0.4, -0.2) is 122 Å². The van der Waals surface area contributed by atoms with E-state index in [2.05, 4.69) is 0 Å². The molecule has 10 atom stereocenters. The number of carbonyl (C=O) groups excluding carboxylic acids is 1. The minimum atomic E-state index is -1.82. The fourth-order valence-corrected chi connectivity index (χ4v) is 4.92. The number of hydrogen-bond donors (Lipinski definition) is 7. The van der Waals surface area contributed by atoms with Gasteiger partial charge in [-0.3, -0.25) is 4.79 Å². The normalized spacial score (nSPS) is 31.5. The van der Waals surface area contributed by atoms with Crippen molar-refractivity contribution in [1.29, 1.82) is 0 Å². The zero-order valence-electron chi connectivity index (χ0n) is 25.9. The summed E-state index contributed by atoms with van der Waals surface area (Å²) in [7, 11) is 0. The molecule has 1 aromatic rings. The van der Waals surface area contributed by atoms with Gasteiger partial charge in [0.1, 0.15) is 61.2 Å². The van der Waals surface area contributed by atoms with E-state index in [1.807, 2.05) is 39.8 Å². The van der Waals surface area contributed by atoms with Crippen molar-refractivity contribution >= 4 is 11.9 Å². The lowest BCUT2D eigenvalue weighted by Gasteiger charge is -2.46. The number of rotatable bonds is 12. The summed E-state index contributed by atoms with van der Waals surface area (Å²) >= 11 is 0. The van der Waals surface area contributed by atoms with E-state index < -0.39 is 86.6 Å². The number of aromatic carboxylic acids is 1. The van der Waals surface area contributed by atoms with Crippen LogP contribution in [0.2, 0.25) is 0 Å². The van der Waals surface area contributed by atoms with Crippen molar-refractivity contribution in [2.75, 3.05) is 13.2 Å². The number of hydrogen-bond acceptors (Lipinski definition) is 13. The zero-order valence-corrected chi connectivity index (χ0v) is 25.9. The molecule has 0 spiro atoms. The highest BCUT2D eigenvalue weighted by Gasteiger charge is 2.51. The molecule has 14 nitrogen and oxygen atoms in total. The van der Waals surface area contributed by atoms with E-state index >= 15 is 0 Å². The summed E-state index contributed by atoms with van der Waals surface area (Å²) < 4.78 is 28.0. The van der Waals surface area contributed by atoms with Crippen LogP contribution in [0.25, 0.3) is 0 Å². The van der Waals surface area contributed by atoms with E-state index in [1.54, 1.807) is 0 Å². The fourth-order valence-electron chi connectivity index (χ4n) is 4.92. The van der Waals surface area contributed by atoms with Gasteiger partial charge >= 0.3 is 11.9 Å². The second kappa shape index (κ2) is 16.1. The van der Waals surface area contributed by atoms with E-state index in [1.165, 1.54) is 12.1 Å². The van der Waals surface area contributed by atoms with Crippen molar-refractivity contribution in [2.24, 2.45) is 0 Å². The van der Waals surface area contributed by atoms with Crippen LogP contribution in [0.4, 0.5) is 0 Å². The van der Waals surface area contributed by atoms with E-state index in [9.17, 15) is 45.3 Å². The van der Waals surface area contributed by atoms with E-state index in [-0.39, 0.29) is 11.3 Å². The fraction of sp³-hybridized carbons (Fsp3) is 0.613. The largest absolute Gasteiger partial charge is 0.478 e. The minimum Gasteiger partial charge on any atom is -0.478 e. The number of aliphatic hydroxyl groups is 6. The molecule has 14 heteroatoms. The first-order valence-corrected chi connectivity index (χ1v) is 14.6. The van der Waals surface area contributed by atoms with Gasteiger partial charge in [-0.1, -0.05) is 23.3 Å². The minimum absolute atomic E-state index is 0.0360. The lowest BCUT2D eigenvalue weighted by atomic mass is 9.96. The Morgan fingerprint density at radius 3 is 1.80 bits per heavy atom. The average Bonchev–Trinajstić information content (AvgIpc) is 2.98. The Balaban J connectivity index is 1.90. The molecule has 2 heterocycles. The van der Waals surface area contributed by atoms with E-state index in [4.69, 9.17) is 23.7 Å². The van der Waals surface area contributed by atoms with Gasteiger partial charge in [-0.2, -0.15) is 0 Å². The molecule has 0 bridgehead atoms. The van der Waals surface area contributed by atoms with Gasteiger partial charge in [-0.25, -0.2) is 4.79 Å². The van der Waals surface area contributed by atoms with Crippen molar-refractivity contribution in [1.82, 2.24) is 0 Å². The highest BCUT2D eigenvalue weighted by atomic mass is 16.7. The summed E-state index contributed by atoms with van der Waals surface area (Å²) in [5.74, 6) is -1.58. The highest BCUT2D eigenvalue weighted by molar-refractivity contribution is 5.88. The van der Waals surface area contributed by atoms with Gasteiger partial charge in [-0.05, 0) is 63.8 Å². The van der Waals surface area contributed by atoms with Crippen LogP contribution in [0, 0.1) is 0 Å². The van der Waals surface area contributed by atoms with Crippen LogP contribution in [0.1, 0.15) is 56.1 Å². The second-order valence-electron chi connectivity index (χ2n) is 11.6. The number of benzene rings is 1. The summed E-state index contributed by atoms with van der Waals surface area (Å²) in [5, 5.41) is 73.2. The number of allylic oxidation sites excluding steroid dienone is 4. The van der Waals surface area contributed by atoms with E-state index in [0.717, 1.165) is 18.1 Å². The summed E-state index contributed by atoms with van der Waals surface area (Å²) in [6, 6.07) is 2.91. The Morgan fingerprint density at radius 1 is 0.778 bits per heavy atom. The molecule has 45 heavy (non-hydrogen) atoms. The topological polar surface area (TPSA) is 222 Å². The van der Waals surface area contributed by atoms with Crippen LogP contribution in [0.15, 0.2) is 35.4 Å². The van der Waals surface area contributed by atoms with Gasteiger partial charge < -0.3 is 59.4 Å². The second-order valence-corrected chi connectivity index (χ2v) is 11.6. The number of carboxylic acid groups (broad SMARTS) is 1. The van der Waals surface area contributed by atoms with Crippen molar-refractivity contribution < 1.29 is 69.0 Å². The predicted octanol–water partition coefficient (Wildman–Crippen LogP) is -0.0241. The monoisotopic (exact) mass is 640 g/mol. The third-order valence-corrected chi connectivity index (χ3v) is 7.42. The molecule has 2 fully saturated rings. The first kappa shape index (κ1) is 36.5. The molecule has 2 saturated heterocycles. The summed E-state index contributed by atoms with van der Waals surface area (Å²) in [6.07, 6.45) is -11.9. The van der Waals surface area contributed by atoms with Gasteiger partial charge in [0.25, 0.3) is 0 Å². The van der Waals surface area contributed by atoms with Crippen molar-refractivity contribution in [3.63, 3.8) is 0 Å². The first-order chi connectivity index (χ1) is 21.1. The smallest absolute Gasteiger partial charge is 0.335 e. The van der Waals surface area contributed by atoms with Crippen LogP contribution in [0.3, 0.4) is 0 Å². The third-order valence-electron chi connectivity index (χ3n) is 7.42. The Morgan fingerprint density at radius 2 is 1.31 bits per heavy atom. The van der Waals surface area contributed by atoms with Gasteiger partial charge in [0.2, 0.25) is 6.29 Å². The Hall–Kier alpha value is -2.92. The van der Waals surface area contributed by atoms with Crippen molar-refractivity contribution in [2.45, 2.75) is 109 Å². The molecular weight excluding hydrogens is 596 g/mol. The molecule has 0 unspecified atom stereocenters. The Bertz CT molecular complexity index is 1190. The van der Waals surface area contributed by atoms with E-state index in [0.29, 0.717) is 24.0 Å². The molecule has 1 aromatic carbocycles. The molecule has 0 saturated carbocycles. The molecule has 7 N–H and O–H groups in total. The molecule has 0 amide bonds. The van der Waals surface area contributed by atoms with Gasteiger partial charge in [0.15, 0.2) is 6.29 Å². The molecule has 3 rings (SSSR count). The average molecular weight is 641 g/mol. The van der Waals surface area contributed by atoms with Crippen LogP contribution < -0.4 is 4.74 Å². The van der Waals surface area contributed by atoms with Crippen molar-refractivity contribution in [3.05, 3.63) is 52.1 Å². The molecule has 252 valence electrons. The van der Waals surface area contributed by atoms with Crippen LogP contribution in [-0.2, 0) is 36.6 Å². The predicted molar refractivity (Wildman–Crippen MR) is 156 cm³/mol. The van der Waals surface area contributed by atoms with Crippen LogP contribution >= 0.6 is 0 Å². The van der Waals surface area contributed by atoms with Gasteiger partial charge in [0, 0.05) is 6.92 Å². The molecule has 2 aliphatic heterocycles. The maximum absolute atomic E-state index is 11.9. The summed E-state index contributed by atoms with van der Waals surface area (Å²) in [4.78, 5) is 23.1. The van der Waals surface area contributed by atoms with Gasteiger partial charge in [0.05, 0.1) is 12.2 Å². The lowest BCUT2D eigenvalue weighted by Crippen LogP contribution is -2.65. The number of esters is 1. The van der Waals surface area contributed by atoms with Gasteiger partial charge in [-0.15, -0.1) is 0 Å². The molecule has 0 aromatic heterocycles. The molecular formula is C31H44O14. The quantitative estimate of drug-likeness (QED) is 0.118. The lowest BCUT2D eigenvalue weighted by molar-refractivity contribution is -0.352. The summed E-state index contributed by atoms with van der Waals surface area (Å²) in [5.41, 5.74) is 2.95. The Kier molecular flexibility index (Phi) is 13.1. The van der Waals surface area contributed by atoms with Crippen molar-refractivity contribution in [3.8, 4) is 5.75 Å². The summed E-state index contributed by atoms with van der Waals surface area (Å²) in [6.45, 7) is 7.44. The highest BCUT2D eigenvalue weighted by Crippen LogP contribution is 2.34. The molecule has 0 aliphatic carbocycles. The third kappa shape index (κ3) is 9.31. The van der Waals surface area contributed by atoms with Crippen LogP contribution in [0.5, 0.6) is 5.75 Å². The first-order valence-electron chi connectivity index (χ1n) is 14.6. The number of ether oxygens (including phenoxy) is 5. The number of aliphatic hydroxyl groups excluding tert-OH is 6. The number of carbonyl (C=O) groups is 2. The maximum atomic E-state index is 11.9. The standard InChI is InChI=1S/C31H44O14/c1-14(2)6-8-17-10-19(29(39)40)11-18(9-7-15(3)4)27(17)44-31-26(38)24(36)28(20(12-32)42-31)45-30-25(37)23(35)22(34)21(43-30)13-41-16(5)33/h6-7,10-11,20-26,28,30-32,34-38H,8-9,12-13H2,1-5H3,(H,39,40)/t20-,21-,22-,23+,24-,25-,26-,28-,30+,31+/m1/s1. The molecule has 2 aliphatic rings. The zero-order chi connectivity index (χ0) is 33.6. The molecule has 0 radical (unpaired) electrons.